The Balaban J connectivity index is 1.95. The van der Waals surface area contributed by atoms with Crippen LogP contribution in [0, 0.1) is 16.7 Å². The van der Waals surface area contributed by atoms with Crippen molar-refractivity contribution in [1.29, 1.82) is 0 Å². The molecule has 0 aromatic carbocycles. The van der Waals surface area contributed by atoms with Gasteiger partial charge in [-0.2, -0.15) is 0 Å². The van der Waals surface area contributed by atoms with Gasteiger partial charge in [0.05, 0.1) is 0 Å². The van der Waals surface area contributed by atoms with Crippen LogP contribution in [0.15, 0.2) is 0 Å². The molecule has 4 fully saturated rings. The third-order valence-corrected chi connectivity index (χ3v) is 5.07. The predicted octanol–water partition coefficient (Wildman–Crippen LogP) is 2.87. The Labute approximate surface area is 98.2 Å². The smallest absolute Gasteiger partial charge is 0.217 e. The minimum atomic E-state index is 0.148. The van der Waals surface area contributed by atoms with Gasteiger partial charge in [0, 0.05) is 12.5 Å². The second kappa shape index (κ2) is 2.83. The summed E-state index contributed by atoms with van der Waals surface area (Å²) in [5, 5.41) is 3.30. The van der Waals surface area contributed by atoms with E-state index in [0.717, 1.165) is 5.92 Å². The zero-order valence-electron chi connectivity index (χ0n) is 10.7. The number of hydrogen-bond acceptors (Lipinski definition) is 1. The lowest BCUT2D eigenvalue weighted by Crippen LogP contribution is -2.64. The Morgan fingerprint density at radius 1 is 1.06 bits per heavy atom. The molecule has 1 N–H and O–H groups in total. The average molecular weight is 221 g/mol. The maximum atomic E-state index is 11.4. The summed E-state index contributed by atoms with van der Waals surface area (Å²) in [6, 6.07) is 0. The molecule has 2 nitrogen and oxygen atoms in total. The molecule has 4 rings (SSSR count). The van der Waals surface area contributed by atoms with Gasteiger partial charge in [0.1, 0.15) is 0 Å². The standard InChI is InChI=1S/C14H23NO/c1-10(16)15-14-6-11-4-12(2,8-14)7-13(3,5-11)9-14/h11H,4-9H2,1-3H3,(H,15,16)/t11?,12-,13-,14?/m0/s1. The van der Waals surface area contributed by atoms with Gasteiger partial charge in [-0.15, -0.1) is 0 Å². The van der Waals surface area contributed by atoms with Gasteiger partial charge in [-0.25, -0.2) is 0 Å². The molecule has 2 heteroatoms. The molecule has 0 spiro atoms. The number of carbonyl (C=O) groups is 1. The zero-order valence-corrected chi connectivity index (χ0v) is 10.7. The van der Waals surface area contributed by atoms with Gasteiger partial charge in [-0.3, -0.25) is 4.79 Å². The highest BCUT2D eigenvalue weighted by Gasteiger charge is 2.60. The van der Waals surface area contributed by atoms with Crippen LogP contribution in [0.5, 0.6) is 0 Å². The zero-order chi connectivity index (χ0) is 11.6. The van der Waals surface area contributed by atoms with Gasteiger partial charge in [-0.05, 0) is 55.3 Å². The Morgan fingerprint density at radius 2 is 1.62 bits per heavy atom. The van der Waals surface area contributed by atoms with E-state index in [1.165, 1.54) is 38.5 Å². The van der Waals surface area contributed by atoms with Crippen molar-refractivity contribution < 1.29 is 4.79 Å². The second-order valence-electron chi connectivity index (χ2n) is 7.59. The van der Waals surface area contributed by atoms with E-state index in [4.69, 9.17) is 0 Å². The minimum absolute atomic E-state index is 0.148. The second-order valence-corrected chi connectivity index (χ2v) is 7.59. The molecule has 2 atom stereocenters. The summed E-state index contributed by atoms with van der Waals surface area (Å²) in [6.45, 7) is 6.54. The largest absolute Gasteiger partial charge is 0.351 e. The van der Waals surface area contributed by atoms with Crippen molar-refractivity contribution in [3.63, 3.8) is 0 Å². The first-order valence-electron chi connectivity index (χ1n) is 6.61. The maximum absolute atomic E-state index is 11.4. The monoisotopic (exact) mass is 221 g/mol. The van der Waals surface area contributed by atoms with Gasteiger partial charge < -0.3 is 5.32 Å². The quantitative estimate of drug-likeness (QED) is 0.725. The van der Waals surface area contributed by atoms with Crippen molar-refractivity contribution in [3.05, 3.63) is 0 Å². The fourth-order valence-corrected chi connectivity index (χ4v) is 5.96. The number of carbonyl (C=O) groups excluding carboxylic acids is 1. The number of nitrogens with one attached hydrogen (secondary N) is 1. The molecule has 0 aromatic rings. The van der Waals surface area contributed by atoms with E-state index in [1.54, 1.807) is 6.92 Å². The van der Waals surface area contributed by atoms with E-state index in [0.29, 0.717) is 10.8 Å². The van der Waals surface area contributed by atoms with Crippen LogP contribution in [0.4, 0.5) is 0 Å². The molecule has 0 aromatic heterocycles. The van der Waals surface area contributed by atoms with Crippen molar-refractivity contribution in [2.75, 3.05) is 0 Å². The van der Waals surface area contributed by atoms with E-state index in [1.807, 2.05) is 0 Å². The highest BCUT2D eigenvalue weighted by molar-refractivity contribution is 5.74. The molecule has 0 unspecified atom stereocenters. The molecule has 0 radical (unpaired) electrons. The Morgan fingerprint density at radius 3 is 2.06 bits per heavy atom. The first-order chi connectivity index (χ1) is 7.32. The van der Waals surface area contributed by atoms with Crippen molar-refractivity contribution in [1.82, 2.24) is 5.32 Å². The lowest BCUT2D eigenvalue weighted by atomic mass is 9.43. The molecular formula is C14H23NO. The summed E-state index contributed by atoms with van der Waals surface area (Å²) < 4.78 is 0. The number of amides is 1. The molecule has 16 heavy (non-hydrogen) atoms. The van der Waals surface area contributed by atoms with Gasteiger partial charge in [-0.1, -0.05) is 13.8 Å². The molecule has 0 saturated heterocycles. The molecule has 0 heterocycles. The fraction of sp³-hybridized carbons (Fsp3) is 0.929. The minimum Gasteiger partial charge on any atom is -0.351 e. The van der Waals surface area contributed by atoms with E-state index in [9.17, 15) is 4.79 Å². The average Bonchev–Trinajstić information content (AvgIpc) is 1.91. The van der Waals surface area contributed by atoms with Crippen LogP contribution in [-0.2, 0) is 4.79 Å². The molecule has 1 amide bonds. The van der Waals surface area contributed by atoms with Gasteiger partial charge >= 0.3 is 0 Å². The normalized spacial score (nSPS) is 54.1. The molecule has 4 aliphatic carbocycles. The van der Waals surface area contributed by atoms with Crippen molar-refractivity contribution >= 4 is 5.91 Å². The van der Waals surface area contributed by atoms with E-state index in [2.05, 4.69) is 19.2 Å². The number of rotatable bonds is 1. The fourth-order valence-electron chi connectivity index (χ4n) is 5.96. The molecule has 90 valence electrons. The van der Waals surface area contributed by atoms with Crippen LogP contribution >= 0.6 is 0 Å². The number of hydrogen-bond donors (Lipinski definition) is 1. The summed E-state index contributed by atoms with van der Waals surface area (Å²) in [5.41, 5.74) is 1.14. The predicted molar refractivity (Wildman–Crippen MR) is 64.0 cm³/mol. The summed E-state index contributed by atoms with van der Waals surface area (Å²) in [6.07, 6.45) is 7.82. The summed E-state index contributed by atoms with van der Waals surface area (Å²) in [5.74, 6) is 1.02. The van der Waals surface area contributed by atoms with Crippen LogP contribution in [0.25, 0.3) is 0 Å². The first kappa shape index (κ1) is 10.6. The molecular weight excluding hydrogens is 198 g/mol. The maximum Gasteiger partial charge on any atom is 0.217 e. The summed E-state index contributed by atoms with van der Waals surface area (Å²) >= 11 is 0. The molecule has 4 aliphatic rings. The van der Waals surface area contributed by atoms with Gasteiger partial charge in [0.2, 0.25) is 5.91 Å². The lowest BCUT2D eigenvalue weighted by molar-refractivity contribution is -0.138. The lowest BCUT2D eigenvalue weighted by Gasteiger charge is -2.65. The van der Waals surface area contributed by atoms with E-state index in [-0.39, 0.29) is 11.4 Å². The van der Waals surface area contributed by atoms with E-state index < -0.39 is 0 Å². The van der Waals surface area contributed by atoms with Gasteiger partial charge in [0.25, 0.3) is 0 Å². The summed E-state index contributed by atoms with van der Waals surface area (Å²) in [7, 11) is 0. The first-order valence-corrected chi connectivity index (χ1v) is 6.61. The van der Waals surface area contributed by atoms with Crippen LogP contribution in [0.1, 0.15) is 59.3 Å². The Kier molecular flexibility index (Phi) is 1.88. The van der Waals surface area contributed by atoms with Crippen LogP contribution in [0.3, 0.4) is 0 Å². The van der Waals surface area contributed by atoms with Crippen LogP contribution < -0.4 is 5.32 Å². The summed E-state index contributed by atoms with van der Waals surface area (Å²) in [4.78, 5) is 11.4. The molecule has 4 saturated carbocycles. The third-order valence-electron chi connectivity index (χ3n) is 5.07. The van der Waals surface area contributed by atoms with Gasteiger partial charge in [0.15, 0.2) is 0 Å². The highest BCUT2D eigenvalue weighted by atomic mass is 16.1. The van der Waals surface area contributed by atoms with E-state index >= 15 is 0 Å². The van der Waals surface area contributed by atoms with Crippen LogP contribution in [0.2, 0.25) is 0 Å². The van der Waals surface area contributed by atoms with Crippen molar-refractivity contribution in [2.45, 2.75) is 64.8 Å². The topological polar surface area (TPSA) is 29.1 Å². The van der Waals surface area contributed by atoms with Crippen molar-refractivity contribution in [3.8, 4) is 0 Å². The Bertz CT molecular complexity index is 331. The molecule has 0 aliphatic heterocycles. The van der Waals surface area contributed by atoms with Crippen molar-refractivity contribution in [2.24, 2.45) is 16.7 Å². The third kappa shape index (κ3) is 1.49. The molecule has 4 bridgehead atoms. The van der Waals surface area contributed by atoms with Crippen LogP contribution in [-0.4, -0.2) is 11.4 Å². The highest BCUT2D eigenvalue weighted by Crippen LogP contribution is 2.66. The SMILES string of the molecule is CC(=O)NC12CC3C[C@](C)(C1)C[C@](C)(C3)C2. The Hall–Kier alpha value is -0.530.